The number of carbonyl (C=O) groups is 2. The minimum atomic E-state index is -0.144. The fourth-order valence-electron chi connectivity index (χ4n) is 1.63. The maximum absolute atomic E-state index is 11.8. The van der Waals surface area contributed by atoms with Gasteiger partial charge in [0.25, 0.3) is 0 Å². The predicted octanol–water partition coefficient (Wildman–Crippen LogP) is 0.907. The summed E-state index contributed by atoms with van der Waals surface area (Å²) in [4.78, 5) is 26.6. The first-order valence-electron chi connectivity index (χ1n) is 6.61. The molecule has 112 valence electrons. The van der Waals surface area contributed by atoms with Crippen molar-refractivity contribution >= 4 is 17.5 Å². The summed E-state index contributed by atoms with van der Waals surface area (Å²) in [5.74, 6) is -0.145. The summed E-state index contributed by atoms with van der Waals surface area (Å²) in [6, 6.07) is 8.77. The van der Waals surface area contributed by atoms with E-state index in [-0.39, 0.29) is 24.8 Å². The van der Waals surface area contributed by atoms with E-state index in [0.29, 0.717) is 17.8 Å². The molecule has 0 aliphatic rings. The van der Waals surface area contributed by atoms with Gasteiger partial charge in [-0.25, -0.2) is 0 Å². The normalized spacial score (nSPS) is 10.0. The molecule has 0 heterocycles. The van der Waals surface area contributed by atoms with Gasteiger partial charge >= 0.3 is 0 Å². The second kappa shape index (κ2) is 8.02. The van der Waals surface area contributed by atoms with E-state index in [1.54, 1.807) is 50.3 Å². The molecule has 0 atom stereocenters. The van der Waals surface area contributed by atoms with Crippen molar-refractivity contribution in [2.45, 2.75) is 6.42 Å². The van der Waals surface area contributed by atoms with Crippen molar-refractivity contribution in [3.05, 3.63) is 29.8 Å². The highest BCUT2D eigenvalue weighted by Crippen LogP contribution is 2.10. The lowest BCUT2D eigenvalue weighted by Gasteiger charge is -2.18. The molecular formula is C15H20N4O2. The third kappa shape index (κ3) is 6.06. The van der Waals surface area contributed by atoms with Gasteiger partial charge < -0.3 is 10.2 Å². The monoisotopic (exact) mass is 288 g/mol. The van der Waals surface area contributed by atoms with Crippen LogP contribution in [-0.4, -0.2) is 55.8 Å². The van der Waals surface area contributed by atoms with Gasteiger partial charge in [0.05, 0.1) is 18.2 Å². The van der Waals surface area contributed by atoms with E-state index < -0.39 is 0 Å². The molecule has 0 saturated heterocycles. The van der Waals surface area contributed by atoms with Gasteiger partial charge in [-0.2, -0.15) is 5.26 Å². The Balaban J connectivity index is 2.40. The van der Waals surface area contributed by atoms with Crippen molar-refractivity contribution in [3.63, 3.8) is 0 Å². The molecule has 2 amide bonds. The Hall–Kier alpha value is -2.39. The van der Waals surface area contributed by atoms with E-state index in [4.69, 9.17) is 5.26 Å². The van der Waals surface area contributed by atoms with Crippen molar-refractivity contribution in [1.82, 2.24) is 9.80 Å². The van der Waals surface area contributed by atoms with Crippen molar-refractivity contribution in [1.29, 1.82) is 5.26 Å². The topological polar surface area (TPSA) is 76.4 Å². The number of amides is 2. The van der Waals surface area contributed by atoms with Crippen LogP contribution in [0, 0.1) is 11.3 Å². The predicted molar refractivity (Wildman–Crippen MR) is 80.6 cm³/mol. The fourth-order valence-corrected chi connectivity index (χ4v) is 1.63. The van der Waals surface area contributed by atoms with Crippen LogP contribution in [0.3, 0.4) is 0 Å². The number of anilines is 1. The zero-order valence-corrected chi connectivity index (χ0v) is 12.6. The zero-order chi connectivity index (χ0) is 15.8. The fraction of sp³-hybridized carbons (Fsp3) is 0.400. The number of benzene rings is 1. The van der Waals surface area contributed by atoms with Crippen LogP contribution in [0.4, 0.5) is 5.69 Å². The number of hydrogen-bond donors (Lipinski definition) is 1. The maximum atomic E-state index is 11.8. The second-order valence-corrected chi connectivity index (χ2v) is 5.02. The van der Waals surface area contributed by atoms with Crippen LogP contribution in [0.15, 0.2) is 24.3 Å². The van der Waals surface area contributed by atoms with Crippen molar-refractivity contribution in [3.8, 4) is 6.07 Å². The highest BCUT2D eigenvalue weighted by atomic mass is 16.2. The largest absolute Gasteiger partial charge is 0.348 e. The van der Waals surface area contributed by atoms with Crippen LogP contribution in [0.2, 0.25) is 0 Å². The first-order valence-corrected chi connectivity index (χ1v) is 6.61. The van der Waals surface area contributed by atoms with Crippen LogP contribution < -0.4 is 5.32 Å². The molecule has 0 saturated carbocycles. The Morgan fingerprint density at radius 1 is 1.29 bits per heavy atom. The van der Waals surface area contributed by atoms with Crippen LogP contribution in [-0.2, 0) is 9.59 Å². The van der Waals surface area contributed by atoms with Crippen LogP contribution in [0.25, 0.3) is 0 Å². The van der Waals surface area contributed by atoms with Crippen molar-refractivity contribution < 1.29 is 9.59 Å². The Morgan fingerprint density at radius 2 is 2.00 bits per heavy atom. The summed E-state index contributed by atoms with van der Waals surface area (Å²) in [6.07, 6.45) is 0.286. The molecule has 0 spiro atoms. The van der Waals surface area contributed by atoms with E-state index in [2.05, 4.69) is 5.32 Å². The lowest BCUT2D eigenvalue weighted by atomic mass is 10.2. The minimum Gasteiger partial charge on any atom is -0.348 e. The smallest absolute Gasteiger partial charge is 0.236 e. The molecule has 0 aliphatic carbocycles. The van der Waals surface area contributed by atoms with E-state index in [9.17, 15) is 9.59 Å². The summed E-state index contributed by atoms with van der Waals surface area (Å²) >= 11 is 0. The molecule has 0 fully saturated rings. The van der Waals surface area contributed by atoms with Gasteiger partial charge in [0.15, 0.2) is 0 Å². The molecule has 6 nitrogen and oxygen atoms in total. The molecule has 0 aliphatic heterocycles. The molecule has 0 unspecified atom stereocenters. The second-order valence-electron chi connectivity index (χ2n) is 5.02. The third-order valence-corrected chi connectivity index (χ3v) is 2.90. The average molecular weight is 288 g/mol. The molecule has 1 aromatic carbocycles. The Labute approximate surface area is 125 Å². The number of likely N-dealkylation sites (N-methyl/N-ethyl adjacent to an activating group) is 2. The van der Waals surface area contributed by atoms with E-state index in [1.165, 1.54) is 4.90 Å². The van der Waals surface area contributed by atoms with Gasteiger partial charge in [-0.3, -0.25) is 14.5 Å². The summed E-state index contributed by atoms with van der Waals surface area (Å²) in [5.41, 5.74) is 1.10. The number of rotatable bonds is 6. The Bertz CT molecular complexity index is 549. The molecule has 6 heteroatoms. The van der Waals surface area contributed by atoms with Gasteiger partial charge in [0.1, 0.15) is 0 Å². The minimum absolute atomic E-state index is 0.000343. The lowest BCUT2D eigenvalue weighted by Crippen LogP contribution is -2.35. The molecule has 21 heavy (non-hydrogen) atoms. The number of nitrogens with zero attached hydrogens (tertiary/aromatic N) is 3. The lowest BCUT2D eigenvalue weighted by molar-refractivity contribution is -0.130. The van der Waals surface area contributed by atoms with E-state index >= 15 is 0 Å². The molecule has 0 bridgehead atoms. The highest BCUT2D eigenvalue weighted by Gasteiger charge is 2.10. The molecule has 0 aromatic heterocycles. The van der Waals surface area contributed by atoms with E-state index in [1.807, 2.05) is 6.07 Å². The van der Waals surface area contributed by atoms with Crippen LogP contribution >= 0.6 is 0 Å². The van der Waals surface area contributed by atoms with Gasteiger partial charge in [0.2, 0.25) is 11.8 Å². The van der Waals surface area contributed by atoms with Crippen LogP contribution in [0.1, 0.15) is 12.0 Å². The number of nitrogens with one attached hydrogen (secondary N) is 1. The number of nitriles is 1. The first-order chi connectivity index (χ1) is 9.92. The Kier molecular flexibility index (Phi) is 6.37. The number of hydrogen-bond acceptors (Lipinski definition) is 4. The van der Waals surface area contributed by atoms with E-state index in [0.717, 1.165) is 0 Å². The molecule has 0 radical (unpaired) electrons. The first kappa shape index (κ1) is 16.7. The van der Waals surface area contributed by atoms with Crippen molar-refractivity contribution in [2.24, 2.45) is 0 Å². The highest BCUT2D eigenvalue weighted by molar-refractivity contribution is 5.91. The molecule has 1 aromatic rings. The quantitative estimate of drug-likeness (QED) is 0.844. The standard InChI is InChI=1S/C15H20N4O2/c1-18(2)15(21)11-19(3)8-7-14(20)17-13-6-4-5-12(9-13)10-16/h4-6,9H,7-8,11H2,1-3H3,(H,17,20). The molecule has 1 rings (SSSR count). The maximum Gasteiger partial charge on any atom is 0.236 e. The zero-order valence-electron chi connectivity index (χ0n) is 12.6. The summed E-state index contributed by atoms with van der Waals surface area (Å²) in [6.45, 7) is 0.771. The summed E-state index contributed by atoms with van der Waals surface area (Å²) < 4.78 is 0. The number of carbonyl (C=O) groups excluding carboxylic acids is 2. The SMILES string of the molecule is CN(CCC(=O)Nc1cccc(C#N)c1)CC(=O)N(C)C. The van der Waals surface area contributed by atoms with Gasteiger partial charge in [-0.05, 0) is 25.2 Å². The Morgan fingerprint density at radius 3 is 2.62 bits per heavy atom. The molecule has 1 N–H and O–H groups in total. The summed E-state index contributed by atoms with van der Waals surface area (Å²) in [5, 5.41) is 11.5. The van der Waals surface area contributed by atoms with Gasteiger partial charge in [-0.15, -0.1) is 0 Å². The van der Waals surface area contributed by atoms with Gasteiger partial charge in [-0.1, -0.05) is 6.07 Å². The molecular weight excluding hydrogens is 268 g/mol. The van der Waals surface area contributed by atoms with Crippen LogP contribution in [0.5, 0.6) is 0 Å². The summed E-state index contributed by atoms with van der Waals surface area (Å²) in [7, 11) is 5.20. The average Bonchev–Trinajstić information content (AvgIpc) is 2.45. The third-order valence-electron chi connectivity index (χ3n) is 2.90. The van der Waals surface area contributed by atoms with Crippen molar-refractivity contribution in [2.75, 3.05) is 39.5 Å². The van der Waals surface area contributed by atoms with Gasteiger partial charge in [0, 0.05) is 32.7 Å².